The molecule has 0 spiro atoms. The zero-order chi connectivity index (χ0) is 21.9. The van der Waals surface area contributed by atoms with Gasteiger partial charge in [-0.25, -0.2) is 4.68 Å². The molecule has 0 saturated heterocycles. The Kier molecular flexibility index (Phi) is 5.69. The largest absolute Gasteiger partial charge is 0.489 e. The van der Waals surface area contributed by atoms with Crippen molar-refractivity contribution in [3.8, 4) is 11.4 Å². The van der Waals surface area contributed by atoms with Crippen molar-refractivity contribution in [1.29, 1.82) is 0 Å². The maximum Gasteiger partial charge on any atom is 0.235 e. The van der Waals surface area contributed by atoms with Crippen LogP contribution in [0.4, 0.5) is 5.82 Å². The topological polar surface area (TPSA) is 56.2 Å². The SMILES string of the molecule is Cc1nn(-c2ccccc2)c2c1C(c1ccc(OCc3ccccc3)cc1)SCC(=O)N2. The van der Waals surface area contributed by atoms with Gasteiger partial charge >= 0.3 is 0 Å². The van der Waals surface area contributed by atoms with Crippen LogP contribution in [-0.4, -0.2) is 21.4 Å². The minimum absolute atomic E-state index is 0.00425. The van der Waals surface area contributed by atoms with E-state index in [1.165, 1.54) is 0 Å². The van der Waals surface area contributed by atoms with Gasteiger partial charge in [-0.15, -0.1) is 11.8 Å². The van der Waals surface area contributed by atoms with E-state index in [1.807, 2.05) is 72.3 Å². The van der Waals surface area contributed by atoms with Crippen LogP contribution < -0.4 is 10.1 Å². The summed E-state index contributed by atoms with van der Waals surface area (Å²) in [5, 5.41) is 7.84. The van der Waals surface area contributed by atoms with Gasteiger partial charge in [0.1, 0.15) is 18.2 Å². The van der Waals surface area contributed by atoms with Crippen molar-refractivity contribution in [1.82, 2.24) is 9.78 Å². The molecule has 1 aliphatic rings. The second-order valence-electron chi connectivity index (χ2n) is 7.68. The molecular formula is C26H23N3O2S. The number of carbonyl (C=O) groups is 1. The standard InChI is InChI=1S/C26H23N3O2S/c1-18-24-25(20-12-14-22(15-13-20)31-16-19-8-4-2-5-9-19)32-17-23(30)27-26(24)29(28-18)21-10-6-3-7-11-21/h2-15,25H,16-17H2,1H3,(H,27,30). The Morgan fingerprint density at radius 1 is 1.00 bits per heavy atom. The lowest BCUT2D eigenvalue weighted by Crippen LogP contribution is -2.15. The number of hydrogen-bond donors (Lipinski definition) is 1. The van der Waals surface area contributed by atoms with Crippen LogP contribution in [-0.2, 0) is 11.4 Å². The zero-order valence-corrected chi connectivity index (χ0v) is 18.5. The van der Waals surface area contributed by atoms with E-state index in [0.29, 0.717) is 12.4 Å². The molecule has 32 heavy (non-hydrogen) atoms. The molecular weight excluding hydrogens is 418 g/mol. The maximum atomic E-state index is 12.5. The number of thioether (sulfide) groups is 1. The van der Waals surface area contributed by atoms with Gasteiger partial charge in [0.2, 0.25) is 5.91 Å². The maximum absolute atomic E-state index is 12.5. The lowest BCUT2D eigenvalue weighted by atomic mass is 10.0. The van der Waals surface area contributed by atoms with E-state index >= 15 is 0 Å². The molecule has 1 aliphatic heterocycles. The van der Waals surface area contributed by atoms with E-state index in [0.717, 1.165) is 39.6 Å². The Morgan fingerprint density at radius 2 is 1.69 bits per heavy atom. The molecule has 6 heteroatoms. The van der Waals surface area contributed by atoms with Crippen LogP contribution in [0.25, 0.3) is 5.69 Å². The van der Waals surface area contributed by atoms with Gasteiger partial charge in [0, 0.05) is 5.56 Å². The van der Waals surface area contributed by atoms with Crippen LogP contribution >= 0.6 is 11.8 Å². The molecule has 1 unspecified atom stereocenters. The van der Waals surface area contributed by atoms with Crippen LogP contribution in [0.15, 0.2) is 84.9 Å². The smallest absolute Gasteiger partial charge is 0.235 e. The molecule has 3 aromatic carbocycles. The predicted octanol–water partition coefficient (Wildman–Crippen LogP) is 5.53. The third-order valence-corrected chi connectivity index (χ3v) is 6.71. The molecule has 0 fully saturated rings. The average molecular weight is 442 g/mol. The summed E-state index contributed by atoms with van der Waals surface area (Å²) in [5.41, 5.74) is 5.13. The Hall–Kier alpha value is -3.51. The van der Waals surface area contributed by atoms with Gasteiger partial charge in [-0.3, -0.25) is 4.79 Å². The fraction of sp³-hybridized carbons (Fsp3) is 0.154. The van der Waals surface area contributed by atoms with Crippen molar-refractivity contribution < 1.29 is 9.53 Å². The van der Waals surface area contributed by atoms with E-state index in [4.69, 9.17) is 9.84 Å². The molecule has 1 atom stereocenters. The van der Waals surface area contributed by atoms with Crippen molar-refractivity contribution >= 4 is 23.5 Å². The Labute approximate surface area is 191 Å². The van der Waals surface area contributed by atoms with Crippen molar-refractivity contribution in [3.63, 3.8) is 0 Å². The normalized spacial score (nSPS) is 15.5. The van der Waals surface area contributed by atoms with Gasteiger partial charge in [-0.2, -0.15) is 5.10 Å². The number of para-hydroxylation sites is 1. The van der Waals surface area contributed by atoms with Gasteiger partial charge in [0.05, 0.1) is 22.4 Å². The quantitative estimate of drug-likeness (QED) is 0.442. The van der Waals surface area contributed by atoms with Gasteiger partial charge in [-0.05, 0) is 42.3 Å². The molecule has 0 aliphatic carbocycles. The summed E-state index contributed by atoms with van der Waals surface area (Å²) < 4.78 is 7.77. The van der Waals surface area contributed by atoms with Crippen molar-refractivity contribution in [2.75, 3.05) is 11.1 Å². The van der Waals surface area contributed by atoms with Gasteiger partial charge < -0.3 is 10.1 Å². The van der Waals surface area contributed by atoms with E-state index < -0.39 is 0 Å². The number of nitrogens with one attached hydrogen (secondary N) is 1. The number of fused-ring (bicyclic) bond motifs is 1. The van der Waals surface area contributed by atoms with E-state index in [-0.39, 0.29) is 11.2 Å². The summed E-state index contributed by atoms with van der Waals surface area (Å²) in [6.45, 7) is 2.53. The van der Waals surface area contributed by atoms with E-state index in [9.17, 15) is 4.79 Å². The highest BCUT2D eigenvalue weighted by Gasteiger charge is 2.30. The number of benzene rings is 3. The second-order valence-corrected chi connectivity index (χ2v) is 8.77. The zero-order valence-electron chi connectivity index (χ0n) is 17.7. The third kappa shape index (κ3) is 4.14. The first kappa shape index (κ1) is 20.4. The van der Waals surface area contributed by atoms with Crippen LogP contribution in [0.2, 0.25) is 0 Å². The van der Waals surface area contributed by atoms with Crippen molar-refractivity contribution in [2.24, 2.45) is 0 Å². The number of hydrogen-bond acceptors (Lipinski definition) is 4. The molecule has 0 bridgehead atoms. The van der Waals surface area contributed by atoms with E-state index in [2.05, 4.69) is 29.6 Å². The summed E-state index contributed by atoms with van der Waals surface area (Å²) in [6.07, 6.45) is 0. The number of aromatic nitrogens is 2. The fourth-order valence-corrected chi connectivity index (χ4v) is 5.07. The Bertz CT molecular complexity index is 1220. The molecule has 1 aromatic heterocycles. The van der Waals surface area contributed by atoms with Crippen LogP contribution in [0, 0.1) is 6.92 Å². The fourth-order valence-electron chi connectivity index (χ4n) is 3.88. The first-order valence-electron chi connectivity index (χ1n) is 10.5. The van der Waals surface area contributed by atoms with Crippen LogP contribution in [0.3, 0.4) is 0 Å². The van der Waals surface area contributed by atoms with Crippen molar-refractivity contribution in [2.45, 2.75) is 18.8 Å². The number of nitrogens with zero attached hydrogens (tertiary/aromatic N) is 2. The molecule has 160 valence electrons. The number of rotatable bonds is 5. The predicted molar refractivity (Wildman–Crippen MR) is 128 cm³/mol. The minimum Gasteiger partial charge on any atom is -0.489 e. The van der Waals surface area contributed by atoms with Crippen LogP contribution in [0.5, 0.6) is 5.75 Å². The third-order valence-electron chi connectivity index (χ3n) is 5.44. The number of amides is 1. The van der Waals surface area contributed by atoms with Gasteiger partial charge in [0.15, 0.2) is 0 Å². The molecule has 2 heterocycles. The summed E-state index contributed by atoms with van der Waals surface area (Å²) >= 11 is 1.62. The van der Waals surface area contributed by atoms with Gasteiger partial charge in [0.25, 0.3) is 0 Å². The minimum atomic E-state index is -0.0151. The second kappa shape index (κ2) is 8.93. The highest BCUT2D eigenvalue weighted by molar-refractivity contribution is 8.00. The molecule has 1 amide bonds. The molecule has 4 aromatic rings. The van der Waals surface area contributed by atoms with E-state index in [1.54, 1.807) is 11.8 Å². The lowest BCUT2D eigenvalue weighted by Gasteiger charge is -2.16. The summed E-state index contributed by atoms with van der Waals surface area (Å²) in [5.74, 6) is 1.94. The highest BCUT2D eigenvalue weighted by Crippen LogP contribution is 2.44. The monoisotopic (exact) mass is 441 g/mol. The summed E-state index contributed by atoms with van der Waals surface area (Å²) in [7, 11) is 0. The molecule has 5 nitrogen and oxygen atoms in total. The number of anilines is 1. The number of aryl methyl sites for hydroxylation is 1. The van der Waals surface area contributed by atoms with Crippen LogP contribution in [0.1, 0.15) is 27.6 Å². The molecule has 0 saturated carbocycles. The molecule has 1 N–H and O–H groups in total. The number of ether oxygens (including phenoxy) is 1. The average Bonchev–Trinajstić information content (AvgIpc) is 3.04. The van der Waals surface area contributed by atoms with Crippen molar-refractivity contribution in [3.05, 3.63) is 107 Å². The molecule has 5 rings (SSSR count). The Balaban J connectivity index is 1.44. The Morgan fingerprint density at radius 3 is 2.41 bits per heavy atom. The first-order valence-corrected chi connectivity index (χ1v) is 11.6. The lowest BCUT2D eigenvalue weighted by molar-refractivity contribution is -0.113. The number of carbonyl (C=O) groups excluding carboxylic acids is 1. The summed E-state index contributed by atoms with van der Waals surface area (Å²) in [4.78, 5) is 12.5. The first-order chi connectivity index (χ1) is 15.7. The highest BCUT2D eigenvalue weighted by atomic mass is 32.2. The molecule has 0 radical (unpaired) electrons. The summed E-state index contributed by atoms with van der Waals surface area (Å²) in [6, 6.07) is 28.2. The van der Waals surface area contributed by atoms with Gasteiger partial charge in [-0.1, -0.05) is 60.7 Å².